The summed E-state index contributed by atoms with van der Waals surface area (Å²) in [6, 6.07) is 8.09. The van der Waals surface area contributed by atoms with Gasteiger partial charge in [0.2, 0.25) is 0 Å². The fourth-order valence-electron chi connectivity index (χ4n) is 3.77. The highest BCUT2D eigenvalue weighted by atomic mass is 16.5. The highest BCUT2D eigenvalue weighted by Gasteiger charge is 2.28. The van der Waals surface area contributed by atoms with Crippen molar-refractivity contribution in [3.05, 3.63) is 41.2 Å². The molecule has 1 amide bonds. The summed E-state index contributed by atoms with van der Waals surface area (Å²) in [4.78, 5) is 17.1. The van der Waals surface area contributed by atoms with Crippen LogP contribution in [0.15, 0.2) is 24.3 Å². The Labute approximate surface area is 147 Å². The number of carbonyl (C=O) groups is 1. The maximum atomic E-state index is 12.9. The van der Waals surface area contributed by atoms with E-state index in [0.717, 1.165) is 62.4 Å². The second kappa shape index (κ2) is 6.78. The number of methoxy groups -OCH3 is 1. The summed E-state index contributed by atoms with van der Waals surface area (Å²) < 4.78 is 5.21. The first-order chi connectivity index (χ1) is 12.3. The van der Waals surface area contributed by atoms with Crippen molar-refractivity contribution in [2.75, 3.05) is 38.2 Å². The number of fused-ring (bicyclic) bond motifs is 1. The summed E-state index contributed by atoms with van der Waals surface area (Å²) in [5.74, 6) is 0.939. The van der Waals surface area contributed by atoms with E-state index in [2.05, 4.69) is 27.2 Å². The van der Waals surface area contributed by atoms with Gasteiger partial charge in [0.05, 0.1) is 7.11 Å². The number of hydrogen-bond acceptors (Lipinski definition) is 4. The predicted octanol–water partition coefficient (Wildman–Crippen LogP) is 2.26. The molecule has 4 rings (SSSR count). The number of nitrogens with one attached hydrogen (secondary N) is 1. The lowest BCUT2D eigenvalue weighted by molar-refractivity contribution is 0.0739. The van der Waals surface area contributed by atoms with Crippen LogP contribution in [0, 0.1) is 0 Å². The van der Waals surface area contributed by atoms with Gasteiger partial charge in [-0.3, -0.25) is 9.89 Å². The molecule has 0 unspecified atom stereocenters. The monoisotopic (exact) mass is 340 g/mol. The van der Waals surface area contributed by atoms with Gasteiger partial charge < -0.3 is 14.5 Å². The van der Waals surface area contributed by atoms with Crippen LogP contribution in [-0.2, 0) is 12.8 Å². The molecule has 1 N–H and O–H groups in total. The SMILES string of the molecule is COc1ccc(N2CCN(C(=O)c3n[nH]c4c3CCCC4)CC2)cc1. The normalized spacial score (nSPS) is 17.3. The van der Waals surface area contributed by atoms with Crippen molar-refractivity contribution in [3.8, 4) is 5.75 Å². The van der Waals surface area contributed by atoms with Gasteiger partial charge in [-0.2, -0.15) is 5.10 Å². The lowest BCUT2D eigenvalue weighted by Crippen LogP contribution is -2.49. The molecule has 1 aromatic carbocycles. The van der Waals surface area contributed by atoms with E-state index < -0.39 is 0 Å². The van der Waals surface area contributed by atoms with Gasteiger partial charge >= 0.3 is 0 Å². The number of H-pyrrole nitrogens is 1. The van der Waals surface area contributed by atoms with E-state index in [0.29, 0.717) is 5.69 Å². The molecule has 132 valence electrons. The first kappa shape index (κ1) is 16.0. The molecule has 0 saturated carbocycles. The van der Waals surface area contributed by atoms with Crippen LogP contribution in [0.3, 0.4) is 0 Å². The average molecular weight is 340 g/mol. The van der Waals surface area contributed by atoms with Crippen molar-refractivity contribution in [3.63, 3.8) is 0 Å². The topological polar surface area (TPSA) is 61.5 Å². The first-order valence-corrected chi connectivity index (χ1v) is 9.00. The zero-order valence-electron chi connectivity index (χ0n) is 14.6. The molecule has 2 aromatic rings. The summed E-state index contributed by atoms with van der Waals surface area (Å²) in [7, 11) is 1.67. The fourth-order valence-corrected chi connectivity index (χ4v) is 3.77. The van der Waals surface area contributed by atoms with Crippen molar-refractivity contribution in [2.24, 2.45) is 0 Å². The summed E-state index contributed by atoms with van der Waals surface area (Å²) in [6.07, 6.45) is 4.32. The number of aromatic nitrogens is 2. The Morgan fingerprint density at radius 3 is 2.52 bits per heavy atom. The minimum absolute atomic E-state index is 0.0776. The Balaban J connectivity index is 1.41. The maximum Gasteiger partial charge on any atom is 0.274 e. The minimum atomic E-state index is 0.0776. The van der Waals surface area contributed by atoms with Crippen LogP contribution in [0.5, 0.6) is 5.75 Å². The van der Waals surface area contributed by atoms with Crippen molar-refractivity contribution in [1.82, 2.24) is 15.1 Å². The van der Waals surface area contributed by atoms with Crippen LogP contribution in [0.2, 0.25) is 0 Å². The number of piperazine rings is 1. The maximum absolute atomic E-state index is 12.9. The highest BCUT2D eigenvalue weighted by molar-refractivity contribution is 5.94. The summed E-state index contributed by atoms with van der Waals surface area (Å²) in [5.41, 5.74) is 4.12. The molecule has 2 aliphatic rings. The molecule has 6 heteroatoms. The third-order valence-electron chi connectivity index (χ3n) is 5.26. The molecule has 0 bridgehead atoms. The van der Waals surface area contributed by atoms with E-state index in [1.54, 1.807) is 7.11 Å². The number of anilines is 1. The van der Waals surface area contributed by atoms with Crippen LogP contribution < -0.4 is 9.64 Å². The van der Waals surface area contributed by atoms with Gasteiger partial charge in [-0.25, -0.2) is 0 Å². The van der Waals surface area contributed by atoms with E-state index in [9.17, 15) is 4.79 Å². The molecule has 1 fully saturated rings. The number of nitrogens with zero attached hydrogens (tertiary/aromatic N) is 3. The van der Waals surface area contributed by atoms with E-state index in [1.807, 2.05) is 17.0 Å². The lowest BCUT2D eigenvalue weighted by atomic mass is 9.95. The van der Waals surface area contributed by atoms with Gasteiger partial charge in [-0.1, -0.05) is 0 Å². The molecule has 1 aliphatic carbocycles. The second-order valence-electron chi connectivity index (χ2n) is 6.71. The van der Waals surface area contributed by atoms with Crippen LogP contribution in [-0.4, -0.2) is 54.3 Å². The lowest BCUT2D eigenvalue weighted by Gasteiger charge is -2.36. The zero-order chi connectivity index (χ0) is 17.2. The average Bonchev–Trinajstić information content (AvgIpc) is 3.12. The summed E-state index contributed by atoms with van der Waals surface area (Å²) >= 11 is 0. The molecule has 0 radical (unpaired) electrons. The molecule has 1 saturated heterocycles. The number of ether oxygens (including phenoxy) is 1. The number of hydrogen-bond donors (Lipinski definition) is 1. The highest BCUT2D eigenvalue weighted by Crippen LogP contribution is 2.24. The van der Waals surface area contributed by atoms with E-state index >= 15 is 0 Å². The van der Waals surface area contributed by atoms with Gasteiger partial charge in [-0.05, 0) is 49.9 Å². The molecule has 2 heterocycles. The quantitative estimate of drug-likeness (QED) is 0.931. The predicted molar refractivity (Wildman–Crippen MR) is 96.3 cm³/mol. The van der Waals surface area contributed by atoms with Crippen molar-refractivity contribution in [2.45, 2.75) is 25.7 Å². The van der Waals surface area contributed by atoms with Gasteiger partial charge in [0.15, 0.2) is 5.69 Å². The van der Waals surface area contributed by atoms with E-state index in [4.69, 9.17) is 4.74 Å². The molecular weight excluding hydrogens is 316 g/mol. The van der Waals surface area contributed by atoms with E-state index in [1.165, 1.54) is 12.1 Å². The zero-order valence-corrected chi connectivity index (χ0v) is 14.6. The number of aryl methyl sites for hydroxylation is 1. The molecule has 0 atom stereocenters. The van der Waals surface area contributed by atoms with Crippen LogP contribution >= 0.6 is 0 Å². The van der Waals surface area contributed by atoms with Crippen LogP contribution in [0.4, 0.5) is 5.69 Å². The number of amides is 1. The number of aromatic amines is 1. The molecule has 1 aliphatic heterocycles. The summed E-state index contributed by atoms with van der Waals surface area (Å²) in [6.45, 7) is 3.13. The largest absolute Gasteiger partial charge is 0.497 e. The van der Waals surface area contributed by atoms with Gasteiger partial charge in [0.25, 0.3) is 5.91 Å². The van der Waals surface area contributed by atoms with E-state index in [-0.39, 0.29) is 5.91 Å². The Morgan fingerprint density at radius 1 is 1.08 bits per heavy atom. The Bertz CT molecular complexity index is 745. The minimum Gasteiger partial charge on any atom is -0.497 e. The summed E-state index contributed by atoms with van der Waals surface area (Å²) in [5, 5.41) is 7.40. The third-order valence-corrected chi connectivity index (χ3v) is 5.26. The number of benzene rings is 1. The smallest absolute Gasteiger partial charge is 0.274 e. The van der Waals surface area contributed by atoms with Crippen molar-refractivity contribution >= 4 is 11.6 Å². The molecule has 25 heavy (non-hydrogen) atoms. The third kappa shape index (κ3) is 3.08. The Kier molecular flexibility index (Phi) is 4.34. The van der Waals surface area contributed by atoms with Crippen molar-refractivity contribution < 1.29 is 9.53 Å². The Hall–Kier alpha value is -2.50. The fraction of sp³-hybridized carbons (Fsp3) is 0.474. The molecular formula is C19H24N4O2. The van der Waals surface area contributed by atoms with Crippen molar-refractivity contribution in [1.29, 1.82) is 0 Å². The number of rotatable bonds is 3. The second-order valence-corrected chi connectivity index (χ2v) is 6.71. The van der Waals surface area contributed by atoms with Gasteiger partial charge in [0, 0.05) is 43.1 Å². The van der Waals surface area contributed by atoms with Crippen LogP contribution in [0.25, 0.3) is 0 Å². The van der Waals surface area contributed by atoms with Gasteiger partial charge in [-0.15, -0.1) is 0 Å². The Morgan fingerprint density at radius 2 is 1.80 bits per heavy atom. The van der Waals surface area contributed by atoms with Gasteiger partial charge in [0.1, 0.15) is 5.75 Å². The standard InChI is InChI=1S/C19H24N4O2/c1-25-15-8-6-14(7-9-15)22-10-12-23(13-11-22)19(24)18-16-4-2-3-5-17(16)20-21-18/h6-9H,2-5,10-13H2,1H3,(H,20,21). The number of carbonyl (C=O) groups excluding carboxylic acids is 1. The molecule has 1 aromatic heterocycles. The molecule has 0 spiro atoms. The molecule has 6 nitrogen and oxygen atoms in total. The first-order valence-electron chi connectivity index (χ1n) is 9.00. The van der Waals surface area contributed by atoms with Crippen LogP contribution in [0.1, 0.15) is 34.6 Å².